The smallest absolute Gasteiger partial charge is 0.343 e. The zero-order valence-corrected chi connectivity index (χ0v) is 11.1. The number of carbonyl (C=O) groups is 2. The van der Waals surface area contributed by atoms with E-state index in [1.165, 1.54) is 20.4 Å². The van der Waals surface area contributed by atoms with Crippen molar-refractivity contribution in [3.63, 3.8) is 0 Å². The molecule has 0 spiro atoms. The first-order valence-electron chi connectivity index (χ1n) is 5.53. The summed E-state index contributed by atoms with van der Waals surface area (Å²) in [4.78, 5) is 21.4. The van der Waals surface area contributed by atoms with Gasteiger partial charge in [0, 0.05) is 0 Å². The summed E-state index contributed by atoms with van der Waals surface area (Å²) in [5, 5.41) is 3.61. The lowest BCUT2D eigenvalue weighted by molar-refractivity contribution is -0.142. The Balaban J connectivity index is 2.77. The van der Waals surface area contributed by atoms with Crippen LogP contribution in [0.5, 0.6) is 11.5 Å². The maximum Gasteiger partial charge on any atom is 0.343 e. The lowest BCUT2D eigenvalue weighted by atomic mass is 10.2. The van der Waals surface area contributed by atoms with E-state index in [0.717, 1.165) is 0 Å². The first-order valence-corrected chi connectivity index (χ1v) is 5.53. The number of methoxy groups -OCH3 is 2. The number of hydrogen-bond acceptors (Lipinski definition) is 6. The van der Waals surface area contributed by atoms with Gasteiger partial charge in [-0.2, -0.15) is 5.10 Å². The number of amides is 2. The first kappa shape index (κ1) is 15.3. The molecule has 0 fully saturated rings. The van der Waals surface area contributed by atoms with Gasteiger partial charge in [0.25, 0.3) is 0 Å². The first-order chi connectivity index (χ1) is 9.56. The van der Waals surface area contributed by atoms with E-state index in [0.29, 0.717) is 17.1 Å². The van der Waals surface area contributed by atoms with Gasteiger partial charge in [-0.15, -0.1) is 0 Å². The topological polar surface area (TPSA) is 112 Å². The summed E-state index contributed by atoms with van der Waals surface area (Å²) in [5.41, 5.74) is 7.59. The molecule has 0 saturated heterocycles. The van der Waals surface area contributed by atoms with Gasteiger partial charge >= 0.3 is 12.0 Å². The lowest BCUT2D eigenvalue weighted by Crippen LogP contribution is -2.24. The number of rotatable bonds is 6. The lowest BCUT2D eigenvalue weighted by Gasteiger charge is -2.10. The Morgan fingerprint density at radius 3 is 2.70 bits per heavy atom. The highest BCUT2D eigenvalue weighted by Crippen LogP contribution is 2.27. The number of esters is 1. The predicted molar refractivity (Wildman–Crippen MR) is 70.8 cm³/mol. The SMILES string of the molecule is COC(=O)COc1ccc(C=NNC(N)=O)cc1OC. The molecule has 8 heteroatoms. The molecule has 20 heavy (non-hydrogen) atoms. The fraction of sp³-hybridized carbons (Fsp3) is 0.250. The molecule has 3 N–H and O–H groups in total. The van der Waals surface area contributed by atoms with E-state index >= 15 is 0 Å². The molecular weight excluding hydrogens is 266 g/mol. The molecule has 0 unspecified atom stereocenters. The van der Waals surface area contributed by atoms with Crippen LogP contribution in [-0.4, -0.2) is 39.0 Å². The van der Waals surface area contributed by atoms with E-state index in [-0.39, 0.29) is 6.61 Å². The highest BCUT2D eigenvalue weighted by molar-refractivity contribution is 5.82. The molecule has 0 aromatic heterocycles. The third-order valence-corrected chi connectivity index (χ3v) is 2.15. The van der Waals surface area contributed by atoms with Crippen LogP contribution in [0, 0.1) is 0 Å². The number of hydrogen-bond donors (Lipinski definition) is 2. The van der Waals surface area contributed by atoms with Crippen LogP contribution in [0.3, 0.4) is 0 Å². The van der Waals surface area contributed by atoms with Gasteiger partial charge in [0.1, 0.15) is 0 Å². The summed E-state index contributed by atoms with van der Waals surface area (Å²) in [6.45, 7) is -0.219. The second kappa shape index (κ2) is 7.62. The Morgan fingerprint density at radius 1 is 1.35 bits per heavy atom. The third kappa shape index (κ3) is 4.84. The van der Waals surface area contributed by atoms with Crippen molar-refractivity contribution in [2.45, 2.75) is 0 Å². The van der Waals surface area contributed by atoms with Crippen molar-refractivity contribution in [1.29, 1.82) is 0 Å². The van der Waals surface area contributed by atoms with Crippen molar-refractivity contribution >= 4 is 18.2 Å². The van der Waals surface area contributed by atoms with E-state index in [9.17, 15) is 9.59 Å². The van der Waals surface area contributed by atoms with Crippen LogP contribution in [0.4, 0.5) is 4.79 Å². The molecule has 0 heterocycles. The van der Waals surface area contributed by atoms with E-state index in [1.807, 2.05) is 0 Å². The molecule has 0 bridgehead atoms. The van der Waals surface area contributed by atoms with Crippen LogP contribution in [0.15, 0.2) is 23.3 Å². The highest BCUT2D eigenvalue weighted by atomic mass is 16.6. The molecular formula is C12H15N3O5. The van der Waals surface area contributed by atoms with Crippen molar-refractivity contribution in [2.75, 3.05) is 20.8 Å². The maximum absolute atomic E-state index is 11.0. The second-order valence-corrected chi connectivity index (χ2v) is 3.51. The number of ether oxygens (including phenoxy) is 3. The average molecular weight is 281 g/mol. The summed E-state index contributed by atoms with van der Waals surface area (Å²) in [6, 6.07) is 4.14. The molecule has 0 aliphatic heterocycles. The highest BCUT2D eigenvalue weighted by Gasteiger charge is 2.08. The van der Waals surface area contributed by atoms with Crippen molar-refractivity contribution in [3.05, 3.63) is 23.8 Å². The van der Waals surface area contributed by atoms with Crippen LogP contribution in [0.1, 0.15) is 5.56 Å². The van der Waals surface area contributed by atoms with Gasteiger partial charge in [0.15, 0.2) is 18.1 Å². The zero-order chi connectivity index (χ0) is 15.0. The summed E-state index contributed by atoms with van der Waals surface area (Å²) in [7, 11) is 2.73. The fourth-order valence-electron chi connectivity index (χ4n) is 1.25. The number of benzene rings is 1. The van der Waals surface area contributed by atoms with Crippen LogP contribution in [0.25, 0.3) is 0 Å². The third-order valence-electron chi connectivity index (χ3n) is 2.15. The van der Waals surface area contributed by atoms with Crippen molar-refractivity contribution < 1.29 is 23.8 Å². The quantitative estimate of drug-likeness (QED) is 0.441. The summed E-state index contributed by atoms with van der Waals surface area (Å²) in [6.07, 6.45) is 1.39. The number of nitrogens with zero attached hydrogens (tertiary/aromatic N) is 1. The van der Waals surface area contributed by atoms with Gasteiger partial charge in [0.05, 0.1) is 20.4 Å². The van der Waals surface area contributed by atoms with Gasteiger partial charge in [-0.3, -0.25) is 0 Å². The van der Waals surface area contributed by atoms with Crippen molar-refractivity contribution in [2.24, 2.45) is 10.8 Å². The minimum atomic E-state index is -0.758. The number of carbonyl (C=O) groups excluding carboxylic acids is 2. The van der Waals surface area contributed by atoms with Crippen molar-refractivity contribution in [1.82, 2.24) is 5.43 Å². The Labute approximate surface area is 115 Å². The molecule has 8 nitrogen and oxygen atoms in total. The van der Waals surface area contributed by atoms with Gasteiger partial charge in [-0.25, -0.2) is 15.0 Å². The maximum atomic E-state index is 11.0. The average Bonchev–Trinajstić information content (AvgIpc) is 2.44. The fourth-order valence-corrected chi connectivity index (χ4v) is 1.25. The Bertz CT molecular complexity index is 516. The minimum absolute atomic E-state index is 0.219. The van der Waals surface area contributed by atoms with E-state index in [1.54, 1.807) is 18.2 Å². The van der Waals surface area contributed by atoms with Gasteiger partial charge < -0.3 is 19.9 Å². The molecule has 108 valence electrons. The summed E-state index contributed by atoms with van der Waals surface area (Å²) >= 11 is 0. The van der Waals surface area contributed by atoms with Gasteiger partial charge in [-0.1, -0.05) is 0 Å². The van der Waals surface area contributed by atoms with Crippen LogP contribution < -0.4 is 20.6 Å². The van der Waals surface area contributed by atoms with Crippen LogP contribution in [0.2, 0.25) is 0 Å². The number of nitrogens with two attached hydrogens (primary N) is 1. The Kier molecular flexibility index (Phi) is 5.82. The summed E-state index contributed by atoms with van der Waals surface area (Å²) in [5.74, 6) is 0.304. The van der Waals surface area contributed by atoms with Crippen LogP contribution in [-0.2, 0) is 9.53 Å². The molecule has 2 amide bonds. The molecule has 0 saturated carbocycles. The van der Waals surface area contributed by atoms with E-state index in [4.69, 9.17) is 15.2 Å². The number of hydrazone groups is 1. The number of nitrogens with one attached hydrogen (secondary N) is 1. The monoisotopic (exact) mass is 281 g/mol. The minimum Gasteiger partial charge on any atom is -0.493 e. The predicted octanol–water partition coefficient (Wildman–Crippen LogP) is 0.249. The molecule has 0 atom stereocenters. The zero-order valence-electron chi connectivity index (χ0n) is 11.1. The number of primary amides is 1. The normalized spacial score (nSPS) is 10.1. The number of urea groups is 1. The molecule has 1 rings (SSSR count). The van der Waals surface area contributed by atoms with Crippen LogP contribution >= 0.6 is 0 Å². The molecule has 0 aliphatic carbocycles. The van der Waals surface area contributed by atoms with Gasteiger partial charge in [0.2, 0.25) is 0 Å². The molecule has 0 aliphatic rings. The van der Waals surface area contributed by atoms with E-state index < -0.39 is 12.0 Å². The molecule has 1 aromatic rings. The Hall–Kier alpha value is -2.77. The summed E-state index contributed by atoms with van der Waals surface area (Å²) < 4.78 is 14.8. The molecule has 1 aromatic carbocycles. The Morgan fingerprint density at radius 2 is 2.10 bits per heavy atom. The van der Waals surface area contributed by atoms with Crippen molar-refractivity contribution in [3.8, 4) is 11.5 Å². The van der Waals surface area contributed by atoms with E-state index in [2.05, 4.69) is 15.3 Å². The largest absolute Gasteiger partial charge is 0.493 e. The second-order valence-electron chi connectivity index (χ2n) is 3.51. The van der Waals surface area contributed by atoms with Gasteiger partial charge in [-0.05, 0) is 23.8 Å². The standard InChI is InChI=1S/C12H15N3O5/c1-18-10-5-8(6-14-15-12(13)17)3-4-9(10)20-7-11(16)19-2/h3-6H,7H2,1-2H3,(H3,13,15,17). The molecule has 0 radical (unpaired) electrons.